The highest BCUT2D eigenvalue weighted by atomic mass is 13.9. The molecule has 1 rings (SSSR count). The van der Waals surface area contributed by atoms with Gasteiger partial charge in [0.1, 0.15) is 0 Å². The van der Waals surface area contributed by atoms with E-state index in [-0.39, 0.29) is 0 Å². The van der Waals surface area contributed by atoms with E-state index >= 15 is 0 Å². The minimum absolute atomic E-state index is 1.16. The summed E-state index contributed by atoms with van der Waals surface area (Å²) in [6.07, 6.45) is 21.5. The molecule has 1 aliphatic carbocycles. The van der Waals surface area contributed by atoms with Crippen LogP contribution in [0.5, 0.6) is 0 Å². The van der Waals surface area contributed by atoms with Crippen LogP contribution in [0.4, 0.5) is 0 Å². The minimum atomic E-state index is 1.16. The summed E-state index contributed by atoms with van der Waals surface area (Å²) in [6.45, 7) is 0. The Morgan fingerprint density at radius 1 is 0.583 bits per heavy atom. The SMILES string of the molecule is [CH]1/C=C/CCC/C=C/C=C\CC1. The maximum atomic E-state index is 2.26. The van der Waals surface area contributed by atoms with Crippen LogP contribution < -0.4 is 0 Å². The average molecular weight is 161 g/mol. The zero-order valence-corrected chi connectivity index (χ0v) is 7.58. The molecule has 0 saturated carbocycles. The van der Waals surface area contributed by atoms with Crippen molar-refractivity contribution in [1.82, 2.24) is 0 Å². The Bertz CT molecular complexity index is 152. The Morgan fingerprint density at radius 3 is 2.08 bits per heavy atom. The van der Waals surface area contributed by atoms with E-state index in [2.05, 4.69) is 42.9 Å². The van der Waals surface area contributed by atoms with Gasteiger partial charge < -0.3 is 0 Å². The first kappa shape index (κ1) is 9.31. The van der Waals surface area contributed by atoms with Crippen LogP contribution in [0.3, 0.4) is 0 Å². The van der Waals surface area contributed by atoms with E-state index in [9.17, 15) is 0 Å². The molecule has 0 spiro atoms. The smallest absolute Gasteiger partial charge is 0.0167 e. The monoisotopic (exact) mass is 161 g/mol. The third-order valence-corrected chi connectivity index (χ3v) is 1.90. The first-order valence-corrected chi connectivity index (χ1v) is 4.80. The summed E-state index contributed by atoms with van der Waals surface area (Å²) in [7, 11) is 0. The van der Waals surface area contributed by atoms with E-state index in [1.165, 1.54) is 25.7 Å². The molecule has 12 heavy (non-hydrogen) atoms. The molecule has 0 amide bonds. The van der Waals surface area contributed by atoms with Gasteiger partial charge in [0, 0.05) is 0 Å². The highest BCUT2D eigenvalue weighted by Crippen LogP contribution is 2.03. The molecular formula is C12H17. The third-order valence-electron chi connectivity index (χ3n) is 1.90. The predicted molar refractivity (Wildman–Crippen MR) is 54.8 cm³/mol. The Hall–Kier alpha value is -0.780. The van der Waals surface area contributed by atoms with E-state index in [0.29, 0.717) is 0 Å². The first-order valence-electron chi connectivity index (χ1n) is 4.80. The molecule has 0 aromatic rings. The fourth-order valence-electron chi connectivity index (χ4n) is 1.18. The summed E-state index contributed by atoms with van der Waals surface area (Å²) in [5.41, 5.74) is 0. The first-order chi connectivity index (χ1) is 6.00. The van der Waals surface area contributed by atoms with Gasteiger partial charge in [-0.25, -0.2) is 0 Å². The maximum Gasteiger partial charge on any atom is -0.0167 e. The Balaban J connectivity index is 2.30. The van der Waals surface area contributed by atoms with Gasteiger partial charge in [-0.2, -0.15) is 0 Å². The van der Waals surface area contributed by atoms with Gasteiger partial charge >= 0.3 is 0 Å². The van der Waals surface area contributed by atoms with Crippen molar-refractivity contribution in [1.29, 1.82) is 0 Å². The molecule has 0 aliphatic heterocycles. The summed E-state index contributed by atoms with van der Waals surface area (Å²) in [5, 5.41) is 0. The third kappa shape index (κ3) is 4.95. The highest BCUT2D eigenvalue weighted by molar-refractivity contribution is 5.04. The molecule has 0 saturated heterocycles. The molecule has 0 aromatic carbocycles. The zero-order valence-electron chi connectivity index (χ0n) is 7.58. The normalized spacial score (nSPS) is 28.0. The quantitative estimate of drug-likeness (QED) is 0.506. The van der Waals surface area contributed by atoms with Gasteiger partial charge in [0.25, 0.3) is 0 Å². The summed E-state index contributed by atoms with van der Waals surface area (Å²) in [6, 6.07) is 0. The van der Waals surface area contributed by atoms with Crippen LogP contribution in [0.25, 0.3) is 0 Å². The number of hydrogen-bond acceptors (Lipinski definition) is 0. The second-order valence-electron chi connectivity index (χ2n) is 3.03. The number of hydrogen-bond donors (Lipinski definition) is 0. The molecule has 0 heteroatoms. The Labute approximate surface area is 75.7 Å². The minimum Gasteiger partial charge on any atom is -0.0882 e. The van der Waals surface area contributed by atoms with Crippen LogP contribution >= 0.6 is 0 Å². The molecule has 0 N–H and O–H groups in total. The van der Waals surface area contributed by atoms with Crippen LogP contribution in [0.15, 0.2) is 36.5 Å². The second-order valence-corrected chi connectivity index (χ2v) is 3.03. The van der Waals surface area contributed by atoms with E-state index in [1.54, 1.807) is 0 Å². The molecule has 1 aliphatic rings. The highest BCUT2D eigenvalue weighted by Gasteiger charge is 1.83. The van der Waals surface area contributed by atoms with Gasteiger partial charge in [0.15, 0.2) is 0 Å². The molecule has 0 aromatic heterocycles. The van der Waals surface area contributed by atoms with Crippen molar-refractivity contribution in [3.8, 4) is 0 Å². The van der Waals surface area contributed by atoms with Crippen LogP contribution in [0.2, 0.25) is 0 Å². The van der Waals surface area contributed by atoms with Crippen molar-refractivity contribution in [3.63, 3.8) is 0 Å². The molecule has 0 heterocycles. The van der Waals surface area contributed by atoms with Crippen LogP contribution in [-0.4, -0.2) is 0 Å². The van der Waals surface area contributed by atoms with Gasteiger partial charge in [0.05, 0.1) is 0 Å². The summed E-state index contributed by atoms with van der Waals surface area (Å²) >= 11 is 0. The van der Waals surface area contributed by atoms with Crippen molar-refractivity contribution in [2.75, 3.05) is 0 Å². The molecule has 0 nitrogen and oxygen atoms in total. The summed E-state index contributed by atoms with van der Waals surface area (Å²) < 4.78 is 0. The molecule has 0 bridgehead atoms. The number of rotatable bonds is 0. The van der Waals surface area contributed by atoms with Crippen molar-refractivity contribution < 1.29 is 0 Å². The van der Waals surface area contributed by atoms with Gasteiger partial charge in [-0.1, -0.05) is 36.5 Å². The summed E-state index contributed by atoms with van der Waals surface area (Å²) in [4.78, 5) is 0. The molecular weight excluding hydrogens is 144 g/mol. The van der Waals surface area contributed by atoms with E-state index in [4.69, 9.17) is 0 Å². The van der Waals surface area contributed by atoms with Gasteiger partial charge in [-0.3, -0.25) is 0 Å². The lowest BCUT2D eigenvalue weighted by molar-refractivity contribution is 0.864. The topological polar surface area (TPSA) is 0 Å². The molecule has 0 fully saturated rings. The fraction of sp³-hybridized carbons (Fsp3) is 0.417. The second kappa shape index (κ2) is 6.90. The molecule has 0 atom stereocenters. The molecule has 1 radical (unpaired) electrons. The largest absolute Gasteiger partial charge is 0.0882 e. The maximum absolute atomic E-state index is 2.26. The van der Waals surface area contributed by atoms with Crippen LogP contribution in [0, 0.1) is 6.42 Å². The van der Waals surface area contributed by atoms with Crippen molar-refractivity contribution >= 4 is 0 Å². The molecule has 0 unspecified atom stereocenters. The van der Waals surface area contributed by atoms with Gasteiger partial charge in [0.2, 0.25) is 0 Å². The van der Waals surface area contributed by atoms with E-state index in [1.807, 2.05) is 0 Å². The lowest BCUT2D eigenvalue weighted by atomic mass is 10.1. The number of allylic oxidation sites excluding steroid dienone is 6. The van der Waals surface area contributed by atoms with Crippen LogP contribution in [0.1, 0.15) is 32.1 Å². The Kier molecular flexibility index (Phi) is 5.35. The Morgan fingerprint density at radius 2 is 1.25 bits per heavy atom. The van der Waals surface area contributed by atoms with Crippen molar-refractivity contribution in [2.24, 2.45) is 0 Å². The van der Waals surface area contributed by atoms with E-state index in [0.717, 1.165) is 6.42 Å². The van der Waals surface area contributed by atoms with Crippen LogP contribution in [-0.2, 0) is 0 Å². The zero-order chi connectivity index (χ0) is 8.49. The average Bonchev–Trinajstić information content (AvgIpc) is 2.05. The standard InChI is InChI=1S/C12H17/c1-2-4-6-8-10-12-11-9-7-5-3-1/h1-4,9,11-12H,5-8,10H2/b3-1-,4-2+,12-11+. The van der Waals surface area contributed by atoms with Gasteiger partial charge in [-0.15, -0.1) is 0 Å². The van der Waals surface area contributed by atoms with Gasteiger partial charge in [-0.05, 0) is 38.5 Å². The fourth-order valence-corrected chi connectivity index (χ4v) is 1.18. The lowest BCUT2D eigenvalue weighted by Crippen LogP contribution is -1.74. The van der Waals surface area contributed by atoms with Crippen molar-refractivity contribution in [3.05, 3.63) is 42.9 Å². The van der Waals surface area contributed by atoms with Crippen molar-refractivity contribution in [2.45, 2.75) is 32.1 Å². The lowest BCUT2D eigenvalue weighted by Gasteiger charge is -1.93. The molecule has 65 valence electrons. The summed E-state index contributed by atoms with van der Waals surface area (Å²) in [5.74, 6) is 0. The van der Waals surface area contributed by atoms with E-state index < -0.39 is 0 Å². The predicted octanol–water partition coefficient (Wildman–Crippen LogP) is 3.82.